The van der Waals surface area contributed by atoms with Gasteiger partial charge in [-0.1, -0.05) is 19.1 Å². The number of imide groups is 1. The van der Waals surface area contributed by atoms with Crippen molar-refractivity contribution in [3.63, 3.8) is 0 Å². The number of nitrogens with one attached hydrogen (secondary N) is 1. The molecule has 1 unspecified atom stereocenters. The Kier molecular flexibility index (Phi) is 6.62. The Hall–Kier alpha value is -3.72. The van der Waals surface area contributed by atoms with Gasteiger partial charge in [-0.2, -0.15) is 0 Å². The Morgan fingerprint density at radius 1 is 1.08 bits per heavy atom. The molecule has 2 aromatic rings. The topological polar surface area (TPSA) is 105 Å². The smallest absolute Gasteiger partial charge is 0.255 e. The molecule has 39 heavy (non-hydrogen) atoms. The maximum atomic E-state index is 13.4. The van der Waals surface area contributed by atoms with E-state index in [1.165, 1.54) is 10.5 Å². The number of benzene rings is 2. The minimum absolute atomic E-state index is 0.0179. The molecule has 0 aromatic heterocycles. The second-order valence-corrected chi connectivity index (χ2v) is 11.3. The molecule has 4 heterocycles. The molecule has 0 spiro atoms. The number of piperidine rings is 2. The second-order valence-electron chi connectivity index (χ2n) is 11.3. The molecule has 0 radical (unpaired) electrons. The minimum atomic E-state index is -0.646. The van der Waals surface area contributed by atoms with E-state index in [4.69, 9.17) is 9.47 Å². The monoisotopic (exact) mass is 531 g/mol. The van der Waals surface area contributed by atoms with Crippen LogP contribution in [0.2, 0.25) is 0 Å². The maximum absolute atomic E-state index is 13.4. The van der Waals surface area contributed by atoms with Gasteiger partial charge in [-0.05, 0) is 67.1 Å². The molecule has 204 valence electrons. The van der Waals surface area contributed by atoms with Crippen molar-refractivity contribution in [3.05, 3.63) is 64.7 Å². The highest BCUT2D eigenvalue weighted by Crippen LogP contribution is 2.33. The Balaban J connectivity index is 1.10. The van der Waals surface area contributed by atoms with Gasteiger partial charge in [0.25, 0.3) is 11.8 Å². The van der Waals surface area contributed by atoms with Gasteiger partial charge in [0.15, 0.2) is 0 Å². The van der Waals surface area contributed by atoms with Gasteiger partial charge in [-0.15, -0.1) is 0 Å². The van der Waals surface area contributed by atoms with Crippen LogP contribution in [-0.2, 0) is 26.3 Å². The summed E-state index contributed by atoms with van der Waals surface area (Å²) in [5.74, 6) is -0.289. The van der Waals surface area contributed by atoms with Crippen LogP contribution in [0.3, 0.4) is 0 Å². The molecular weight excluding hydrogens is 498 g/mol. The van der Waals surface area contributed by atoms with Crippen molar-refractivity contribution in [2.24, 2.45) is 0 Å². The van der Waals surface area contributed by atoms with Gasteiger partial charge in [0.2, 0.25) is 11.8 Å². The first-order valence-electron chi connectivity index (χ1n) is 13.7. The van der Waals surface area contributed by atoms with Crippen LogP contribution >= 0.6 is 0 Å². The number of rotatable bonds is 6. The molecule has 0 aliphatic carbocycles. The summed E-state index contributed by atoms with van der Waals surface area (Å²) in [6, 6.07) is 12.6. The van der Waals surface area contributed by atoms with Gasteiger partial charge in [0, 0.05) is 36.1 Å². The van der Waals surface area contributed by atoms with Crippen LogP contribution in [0, 0.1) is 0 Å². The van der Waals surface area contributed by atoms with Crippen molar-refractivity contribution >= 4 is 23.6 Å². The van der Waals surface area contributed by atoms with Crippen molar-refractivity contribution in [2.75, 3.05) is 26.4 Å². The van der Waals surface area contributed by atoms with E-state index in [1.54, 1.807) is 12.1 Å². The average molecular weight is 532 g/mol. The fourth-order valence-corrected chi connectivity index (χ4v) is 6.03. The van der Waals surface area contributed by atoms with Crippen LogP contribution in [0.4, 0.5) is 0 Å². The Morgan fingerprint density at radius 3 is 2.59 bits per heavy atom. The van der Waals surface area contributed by atoms with Crippen molar-refractivity contribution in [3.8, 4) is 5.75 Å². The van der Waals surface area contributed by atoms with E-state index in [9.17, 15) is 19.2 Å². The number of hydrogen-bond donors (Lipinski definition) is 1. The lowest BCUT2D eigenvalue weighted by Crippen LogP contribution is -2.52. The first-order chi connectivity index (χ1) is 18.8. The molecular formula is C30H33N3O6. The Morgan fingerprint density at radius 2 is 1.87 bits per heavy atom. The fourth-order valence-electron chi connectivity index (χ4n) is 6.03. The molecule has 2 atom stereocenters. The van der Waals surface area contributed by atoms with Gasteiger partial charge in [0.05, 0.1) is 19.3 Å². The molecule has 6 rings (SSSR count). The summed E-state index contributed by atoms with van der Waals surface area (Å²) in [5, 5.41) is 2.33. The largest absolute Gasteiger partial charge is 0.491 e. The van der Waals surface area contributed by atoms with Crippen LogP contribution in [0.15, 0.2) is 42.5 Å². The summed E-state index contributed by atoms with van der Waals surface area (Å²) in [6.45, 7) is 4.94. The zero-order valence-corrected chi connectivity index (χ0v) is 22.1. The van der Waals surface area contributed by atoms with Crippen LogP contribution in [0.25, 0.3) is 0 Å². The van der Waals surface area contributed by atoms with Crippen LogP contribution in [-0.4, -0.2) is 71.9 Å². The molecule has 9 heteroatoms. The minimum Gasteiger partial charge on any atom is -0.491 e. The first-order valence-corrected chi connectivity index (χ1v) is 13.7. The molecule has 9 nitrogen and oxygen atoms in total. The third-order valence-electron chi connectivity index (χ3n) is 8.50. The van der Waals surface area contributed by atoms with E-state index < -0.39 is 11.9 Å². The zero-order chi connectivity index (χ0) is 27.1. The summed E-state index contributed by atoms with van der Waals surface area (Å²) in [4.78, 5) is 53.7. The lowest BCUT2D eigenvalue weighted by Gasteiger charge is -2.39. The Bertz CT molecular complexity index is 1320. The molecule has 0 bridgehead atoms. The predicted molar refractivity (Wildman–Crippen MR) is 141 cm³/mol. The lowest BCUT2D eigenvalue weighted by atomic mass is 9.80. The van der Waals surface area contributed by atoms with Crippen molar-refractivity contribution in [1.29, 1.82) is 0 Å². The quantitative estimate of drug-likeness (QED) is 0.575. The number of nitrogens with zero attached hydrogens (tertiary/aromatic N) is 2. The summed E-state index contributed by atoms with van der Waals surface area (Å²) in [7, 11) is 0. The van der Waals surface area contributed by atoms with E-state index in [0.29, 0.717) is 56.2 Å². The van der Waals surface area contributed by atoms with Gasteiger partial charge in [-0.3, -0.25) is 24.5 Å². The second kappa shape index (κ2) is 10.1. The SMILES string of the molecule is CC1(c2ccc(C(=O)N3CCCC[C@H]3COc3ccc4c(c3)CN(C3CCC(=O)NC3=O)C4=O)cc2)COC1. The molecule has 0 saturated carbocycles. The van der Waals surface area contributed by atoms with E-state index in [0.717, 1.165) is 24.8 Å². The average Bonchev–Trinajstić information content (AvgIpc) is 3.25. The van der Waals surface area contributed by atoms with E-state index in [-0.39, 0.29) is 35.6 Å². The maximum Gasteiger partial charge on any atom is 0.255 e. The molecule has 3 saturated heterocycles. The lowest BCUT2D eigenvalue weighted by molar-refractivity contribution is -0.136. The first kappa shape index (κ1) is 25.6. The molecule has 1 N–H and O–H groups in total. The van der Waals surface area contributed by atoms with E-state index in [2.05, 4.69) is 12.2 Å². The van der Waals surface area contributed by atoms with Gasteiger partial charge in [0.1, 0.15) is 18.4 Å². The molecule has 4 aliphatic rings. The van der Waals surface area contributed by atoms with Crippen molar-refractivity contribution in [2.45, 2.75) is 63.1 Å². The number of carbonyl (C=O) groups excluding carboxylic acids is 4. The highest BCUT2D eigenvalue weighted by atomic mass is 16.5. The van der Waals surface area contributed by atoms with Crippen LogP contribution in [0.1, 0.15) is 70.9 Å². The summed E-state index contributed by atoms with van der Waals surface area (Å²) < 4.78 is 11.5. The fraction of sp³-hybridized carbons (Fsp3) is 0.467. The number of amides is 4. The molecule has 4 amide bonds. The predicted octanol–water partition coefficient (Wildman–Crippen LogP) is 2.81. The van der Waals surface area contributed by atoms with Gasteiger partial charge < -0.3 is 19.3 Å². The highest BCUT2D eigenvalue weighted by Gasteiger charge is 2.39. The standard InChI is InChI=1S/C30H33N3O6/c1-30(17-38-18-30)21-7-5-19(6-8-21)28(36)32-13-3-2-4-22(32)16-39-23-9-10-24-20(14-23)15-33(29(24)37)25-11-12-26(34)31-27(25)35/h5-10,14,22,25H,2-4,11-13,15-18H2,1H3,(H,31,34,35)/t22-,25?/m0/s1. The highest BCUT2D eigenvalue weighted by molar-refractivity contribution is 6.05. The van der Waals surface area contributed by atoms with Gasteiger partial charge in [-0.25, -0.2) is 0 Å². The normalized spacial score (nSPS) is 24.2. The number of carbonyl (C=O) groups is 4. The van der Waals surface area contributed by atoms with Crippen LogP contribution in [0.5, 0.6) is 5.75 Å². The third-order valence-corrected chi connectivity index (χ3v) is 8.50. The summed E-state index contributed by atoms with van der Waals surface area (Å²) in [6.07, 6.45) is 3.42. The molecule has 3 fully saturated rings. The summed E-state index contributed by atoms with van der Waals surface area (Å²) in [5.41, 5.74) is 3.24. The van der Waals surface area contributed by atoms with E-state index >= 15 is 0 Å². The van der Waals surface area contributed by atoms with Crippen LogP contribution < -0.4 is 10.1 Å². The number of ether oxygens (including phenoxy) is 2. The number of likely N-dealkylation sites (tertiary alicyclic amines) is 1. The third kappa shape index (κ3) is 4.80. The van der Waals surface area contributed by atoms with Crippen molar-refractivity contribution < 1.29 is 28.7 Å². The van der Waals surface area contributed by atoms with E-state index in [1.807, 2.05) is 35.2 Å². The summed E-state index contributed by atoms with van der Waals surface area (Å²) >= 11 is 0. The molecule has 2 aromatic carbocycles. The number of hydrogen-bond acceptors (Lipinski definition) is 6. The zero-order valence-electron chi connectivity index (χ0n) is 22.1. The van der Waals surface area contributed by atoms with Gasteiger partial charge >= 0.3 is 0 Å². The Labute approximate surface area is 227 Å². The van der Waals surface area contributed by atoms with Crippen molar-refractivity contribution in [1.82, 2.24) is 15.1 Å². The number of fused-ring (bicyclic) bond motifs is 1. The molecule has 4 aliphatic heterocycles.